The number of hydrogen-bond donors (Lipinski definition) is 2. The fourth-order valence-electron chi connectivity index (χ4n) is 3.11. The average Bonchev–Trinajstić information content (AvgIpc) is 2.79. The van der Waals surface area contributed by atoms with E-state index >= 15 is 0 Å². The van der Waals surface area contributed by atoms with Crippen molar-refractivity contribution >= 4 is 52.5 Å². The number of H-pyrrole nitrogens is 1. The molecule has 0 radical (unpaired) electrons. The normalized spacial score (nSPS) is 11.9. The molecule has 0 aliphatic carbocycles. The monoisotopic (exact) mass is 534 g/mol. The highest BCUT2D eigenvalue weighted by Crippen LogP contribution is 2.46. The number of aromatic nitrogens is 4. The summed E-state index contributed by atoms with van der Waals surface area (Å²) in [4.78, 5) is 41.0. The zero-order valence-corrected chi connectivity index (χ0v) is 20.0. The summed E-state index contributed by atoms with van der Waals surface area (Å²) < 4.78 is 0.972. The molecule has 2 aromatic heterocycles. The van der Waals surface area contributed by atoms with E-state index in [2.05, 4.69) is 15.1 Å². The van der Waals surface area contributed by atoms with Gasteiger partial charge in [-0.05, 0) is 42.0 Å². The minimum atomic E-state index is -1.08. The number of rotatable bonds is 6. The van der Waals surface area contributed by atoms with Crippen molar-refractivity contribution in [1.29, 1.82) is 0 Å². The maximum Gasteiger partial charge on any atom is 0.349 e. The average molecular weight is 536 g/mol. The number of aromatic carboxylic acids is 1. The van der Waals surface area contributed by atoms with Gasteiger partial charge in [0.25, 0.3) is 5.56 Å². The maximum atomic E-state index is 12.1. The molecule has 4 aromatic rings. The summed E-state index contributed by atoms with van der Waals surface area (Å²) in [7, 11) is 0. The molecule has 0 saturated carbocycles. The highest BCUT2D eigenvalue weighted by Gasteiger charge is 2.24. The number of benzene rings is 2. The van der Waals surface area contributed by atoms with E-state index < -0.39 is 22.5 Å². The van der Waals surface area contributed by atoms with Crippen LogP contribution < -0.4 is 11.2 Å². The van der Waals surface area contributed by atoms with Crippen LogP contribution in [0.25, 0.3) is 5.69 Å². The van der Waals surface area contributed by atoms with Crippen molar-refractivity contribution in [2.75, 3.05) is 0 Å². The third-order valence-corrected chi connectivity index (χ3v) is 6.78. The van der Waals surface area contributed by atoms with Crippen LogP contribution in [0.2, 0.25) is 15.1 Å². The van der Waals surface area contributed by atoms with E-state index in [1.54, 1.807) is 18.2 Å². The van der Waals surface area contributed by atoms with Crippen molar-refractivity contribution < 1.29 is 9.90 Å². The third-order valence-electron chi connectivity index (χ3n) is 4.68. The minimum Gasteiger partial charge on any atom is -0.478 e. The lowest BCUT2D eigenvalue weighted by Gasteiger charge is -2.21. The van der Waals surface area contributed by atoms with Crippen molar-refractivity contribution in [2.45, 2.75) is 10.3 Å². The van der Waals surface area contributed by atoms with Gasteiger partial charge in [0.2, 0.25) is 0 Å². The second kappa shape index (κ2) is 10.0. The Kier molecular flexibility index (Phi) is 7.08. The maximum absolute atomic E-state index is 12.1. The lowest BCUT2D eigenvalue weighted by molar-refractivity contribution is 0.0696. The molecule has 2 aromatic carbocycles. The standard InChI is InChI=1S/C22H13Cl3N4O4S/c23-13-4-1-11(2-5-13)20(34-18-6-3-12(9-26-18)21(31)32)19-15(24)7-14(8-16(19)25)29-22(33)28-17(30)10-27-29/h1-10,20H,(H,31,32)(H,28,30,33). The summed E-state index contributed by atoms with van der Waals surface area (Å²) in [5.41, 5.74) is 0.320. The Morgan fingerprint density at radius 2 is 1.68 bits per heavy atom. The summed E-state index contributed by atoms with van der Waals surface area (Å²) in [6, 6.07) is 13.2. The largest absolute Gasteiger partial charge is 0.478 e. The van der Waals surface area contributed by atoms with Gasteiger partial charge in [-0.15, -0.1) is 0 Å². The van der Waals surface area contributed by atoms with Crippen LogP contribution in [-0.2, 0) is 0 Å². The fourth-order valence-corrected chi connectivity index (χ4v) is 5.23. The van der Waals surface area contributed by atoms with Crippen molar-refractivity contribution in [3.8, 4) is 5.69 Å². The molecule has 1 atom stereocenters. The Morgan fingerprint density at radius 3 is 2.24 bits per heavy atom. The number of halogens is 3. The first-order chi connectivity index (χ1) is 16.2. The molecule has 8 nitrogen and oxygen atoms in total. The predicted octanol–water partition coefficient (Wildman–Crippen LogP) is 4.86. The molecule has 2 heterocycles. The number of nitrogens with zero attached hydrogens (tertiary/aromatic N) is 3. The van der Waals surface area contributed by atoms with Crippen LogP contribution in [0.15, 0.2) is 75.5 Å². The molecule has 0 fully saturated rings. The van der Waals surface area contributed by atoms with Crippen molar-refractivity contribution in [1.82, 2.24) is 19.7 Å². The van der Waals surface area contributed by atoms with Gasteiger partial charge in [-0.2, -0.15) is 9.78 Å². The minimum absolute atomic E-state index is 0.0617. The summed E-state index contributed by atoms with van der Waals surface area (Å²) in [6.45, 7) is 0. The first-order valence-corrected chi connectivity index (χ1v) is 11.5. The molecule has 0 aliphatic heterocycles. The van der Waals surface area contributed by atoms with Crippen molar-refractivity contribution in [3.05, 3.63) is 114 Å². The fraction of sp³-hybridized carbons (Fsp3) is 0.0455. The molecular formula is C22H13Cl3N4O4S. The van der Waals surface area contributed by atoms with Gasteiger partial charge in [0, 0.05) is 26.8 Å². The van der Waals surface area contributed by atoms with Gasteiger partial charge in [-0.1, -0.05) is 58.7 Å². The Balaban J connectivity index is 1.80. The van der Waals surface area contributed by atoms with Gasteiger partial charge >= 0.3 is 11.7 Å². The van der Waals surface area contributed by atoms with E-state index in [1.165, 1.54) is 36.2 Å². The Morgan fingerprint density at radius 1 is 1.00 bits per heavy atom. The topological polar surface area (TPSA) is 118 Å². The number of hydrogen-bond acceptors (Lipinski definition) is 6. The van der Waals surface area contributed by atoms with Gasteiger partial charge in [-0.25, -0.2) is 14.6 Å². The first-order valence-electron chi connectivity index (χ1n) is 9.52. The first kappa shape index (κ1) is 24.0. The number of carbonyl (C=O) groups is 1. The van der Waals surface area contributed by atoms with Gasteiger partial charge in [-0.3, -0.25) is 9.78 Å². The Labute approximate surface area is 211 Å². The molecule has 12 heteroatoms. The van der Waals surface area contributed by atoms with Crippen LogP contribution in [0.3, 0.4) is 0 Å². The van der Waals surface area contributed by atoms with Crippen LogP contribution in [0, 0.1) is 0 Å². The number of carboxylic acids is 1. The van der Waals surface area contributed by atoms with E-state index in [0.29, 0.717) is 15.6 Å². The Bertz CT molecular complexity index is 1470. The molecule has 2 N–H and O–H groups in total. The predicted molar refractivity (Wildman–Crippen MR) is 131 cm³/mol. The summed E-state index contributed by atoms with van der Waals surface area (Å²) in [5, 5.41) is 14.1. The highest BCUT2D eigenvalue weighted by atomic mass is 35.5. The summed E-state index contributed by atoms with van der Waals surface area (Å²) in [6.07, 6.45) is 2.24. The molecule has 0 bridgehead atoms. The SMILES string of the molecule is O=C(O)c1ccc(SC(c2ccc(Cl)cc2)c2c(Cl)cc(-n3ncc(=O)[nH]c3=O)cc2Cl)nc1. The summed E-state index contributed by atoms with van der Waals surface area (Å²) in [5.74, 6) is -1.08. The lowest BCUT2D eigenvalue weighted by Crippen LogP contribution is -2.30. The second-order valence-corrected chi connectivity index (χ2v) is 9.29. The van der Waals surface area contributed by atoms with Crippen LogP contribution in [0.4, 0.5) is 0 Å². The number of carboxylic acid groups (broad SMARTS) is 1. The molecule has 172 valence electrons. The third kappa shape index (κ3) is 5.18. The van der Waals surface area contributed by atoms with Crippen LogP contribution >= 0.6 is 46.6 Å². The lowest BCUT2D eigenvalue weighted by atomic mass is 10.0. The molecule has 0 spiro atoms. The van der Waals surface area contributed by atoms with Crippen molar-refractivity contribution in [2.24, 2.45) is 0 Å². The molecule has 34 heavy (non-hydrogen) atoms. The van der Waals surface area contributed by atoms with E-state index in [0.717, 1.165) is 16.4 Å². The van der Waals surface area contributed by atoms with Gasteiger partial charge in [0.15, 0.2) is 0 Å². The second-order valence-electron chi connectivity index (χ2n) is 6.91. The summed E-state index contributed by atoms with van der Waals surface area (Å²) >= 11 is 20.6. The highest BCUT2D eigenvalue weighted by molar-refractivity contribution is 7.99. The van der Waals surface area contributed by atoms with E-state index in [-0.39, 0.29) is 21.3 Å². The molecule has 0 amide bonds. The smallest absolute Gasteiger partial charge is 0.349 e. The Hall–Kier alpha value is -3.11. The van der Waals surface area contributed by atoms with Gasteiger partial charge in [0.05, 0.1) is 21.5 Å². The number of nitrogens with one attached hydrogen (secondary N) is 1. The van der Waals surface area contributed by atoms with Crippen LogP contribution in [0.1, 0.15) is 26.7 Å². The number of thioether (sulfide) groups is 1. The van der Waals surface area contributed by atoms with Crippen LogP contribution in [-0.4, -0.2) is 30.8 Å². The molecule has 0 saturated heterocycles. The van der Waals surface area contributed by atoms with E-state index in [9.17, 15) is 14.4 Å². The van der Waals surface area contributed by atoms with Gasteiger partial charge < -0.3 is 5.11 Å². The van der Waals surface area contributed by atoms with E-state index in [1.807, 2.05) is 12.1 Å². The molecule has 1 unspecified atom stereocenters. The molecule has 0 aliphatic rings. The van der Waals surface area contributed by atoms with Crippen LogP contribution in [0.5, 0.6) is 0 Å². The molecule has 4 rings (SSSR count). The number of pyridine rings is 1. The van der Waals surface area contributed by atoms with Crippen molar-refractivity contribution in [3.63, 3.8) is 0 Å². The van der Waals surface area contributed by atoms with E-state index in [4.69, 9.17) is 39.9 Å². The molecular weight excluding hydrogens is 523 g/mol. The zero-order valence-electron chi connectivity index (χ0n) is 16.9. The zero-order chi connectivity index (χ0) is 24.4. The van der Waals surface area contributed by atoms with Gasteiger partial charge in [0.1, 0.15) is 6.20 Å². The number of aromatic amines is 1. The quantitative estimate of drug-likeness (QED) is 0.339.